The molecular formula is C36H67O5. The third-order valence-corrected chi connectivity index (χ3v) is 7.57. The number of aliphatic hydroxyl groups excluding tert-OH is 1. The number of esters is 1. The number of unbranched alkanes of at least 4 members (excludes halogenated alkanes) is 8. The Kier molecular flexibility index (Phi) is 30.9. The lowest BCUT2D eigenvalue weighted by molar-refractivity contribution is -0.160. The van der Waals surface area contributed by atoms with Crippen molar-refractivity contribution in [3.05, 3.63) is 30.7 Å². The van der Waals surface area contributed by atoms with E-state index in [0.29, 0.717) is 32.2 Å². The number of aliphatic hydroxyl groups is 1. The number of allylic oxidation sites excluding steroid dienone is 4. The van der Waals surface area contributed by atoms with Gasteiger partial charge in [-0.1, -0.05) is 96.9 Å². The van der Waals surface area contributed by atoms with Crippen molar-refractivity contribution in [2.24, 2.45) is 11.8 Å². The molecule has 0 aromatic carbocycles. The second kappa shape index (κ2) is 31.8. The maximum absolute atomic E-state index is 12.6. The van der Waals surface area contributed by atoms with Crippen molar-refractivity contribution < 1.29 is 24.1 Å². The van der Waals surface area contributed by atoms with Crippen molar-refractivity contribution in [3.63, 3.8) is 0 Å². The van der Waals surface area contributed by atoms with Gasteiger partial charge in [-0.05, 0) is 76.5 Å². The molecule has 0 fully saturated rings. The smallest absolute Gasteiger partial charge is 0.305 e. The van der Waals surface area contributed by atoms with E-state index in [4.69, 9.17) is 14.2 Å². The number of hydrogen-bond donors (Lipinski definition) is 1. The monoisotopic (exact) mass is 579 g/mol. The predicted molar refractivity (Wildman–Crippen MR) is 174 cm³/mol. The van der Waals surface area contributed by atoms with E-state index in [1.165, 1.54) is 44.9 Å². The van der Waals surface area contributed by atoms with Crippen molar-refractivity contribution in [1.29, 1.82) is 0 Å². The number of hydrogen-bond acceptors (Lipinski definition) is 5. The highest BCUT2D eigenvalue weighted by Gasteiger charge is 2.17. The Morgan fingerprint density at radius 2 is 1.27 bits per heavy atom. The van der Waals surface area contributed by atoms with Gasteiger partial charge in [-0.3, -0.25) is 4.79 Å². The van der Waals surface area contributed by atoms with E-state index in [1.807, 2.05) is 0 Å². The van der Waals surface area contributed by atoms with Gasteiger partial charge in [-0.25, -0.2) is 0 Å². The van der Waals surface area contributed by atoms with Gasteiger partial charge in [0, 0.05) is 32.2 Å². The molecule has 0 aliphatic rings. The first-order chi connectivity index (χ1) is 20.1. The quantitative estimate of drug-likeness (QED) is 0.0383. The van der Waals surface area contributed by atoms with Crippen LogP contribution in [0.15, 0.2) is 24.3 Å². The Hall–Kier alpha value is -1.17. The van der Waals surface area contributed by atoms with Gasteiger partial charge >= 0.3 is 5.97 Å². The first kappa shape index (κ1) is 39.8. The first-order valence-electron chi connectivity index (χ1n) is 17.2. The van der Waals surface area contributed by atoms with E-state index in [2.05, 4.69) is 58.4 Å². The third kappa shape index (κ3) is 27.4. The van der Waals surface area contributed by atoms with Crippen LogP contribution < -0.4 is 0 Å². The summed E-state index contributed by atoms with van der Waals surface area (Å²) in [6, 6.07) is 0. The molecule has 1 N–H and O–H groups in total. The Bertz CT molecular complexity index is 579. The number of carbonyl (C=O) groups excluding carboxylic acids is 1. The van der Waals surface area contributed by atoms with Crippen molar-refractivity contribution in [1.82, 2.24) is 0 Å². The maximum Gasteiger partial charge on any atom is 0.305 e. The first-order valence-corrected chi connectivity index (χ1v) is 17.2. The molecule has 41 heavy (non-hydrogen) atoms. The van der Waals surface area contributed by atoms with E-state index >= 15 is 0 Å². The van der Waals surface area contributed by atoms with Crippen LogP contribution in [0.1, 0.15) is 150 Å². The van der Waals surface area contributed by atoms with Gasteiger partial charge in [-0.2, -0.15) is 0 Å². The molecule has 2 atom stereocenters. The molecule has 2 unspecified atom stereocenters. The summed E-state index contributed by atoms with van der Waals surface area (Å²) in [6.45, 7) is 10.3. The summed E-state index contributed by atoms with van der Waals surface area (Å²) in [5.74, 6) is 0.490. The largest absolute Gasteiger partial charge is 0.465 e. The molecule has 0 aliphatic heterocycles. The van der Waals surface area contributed by atoms with Gasteiger partial charge in [0.05, 0.1) is 13.0 Å². The van der Waals surface area contributed by atoms with E-state index in [9.17, 15) is 9.90 Å². The highest BCUT2D eigenvalue weighted by atomic mass is 16.7. The predicted octanol–water partition coefficient (Wildman–Crippen LogP) is 9.92. The van der Waals surface area contributed by atoms with Crippen LogP contribution in [0.25, 0.3) is 0 Å². The van der Waals surface area contributed by atoms with Gasteiger partial charge in [0.2, 0.25) is 0 Å². The average Bonchev–Trinajstić information content (AvgIpc) is 2.98. The molecule has 0 bridgehead atoms. The van der Waals surface area contributed by atoms with Crippen LogP contribution in [-0.2, 0) is 19.0 Å². The summed E-state index contributed by atoms with van der Waals surface area (Å²) in [4.78, 5) is 12.6. The fourth-order valence-electron chi connectivity index (χ4n) is 4.87. The standard InChI is InChI=1S/C36H67O5/c1-5-9-13-16-18-21-29-39-36(40-30-22-19-17-14-10-6-2)28-27-35(38)41-32-34(31-37)26-25-33(23-12-8-4)24-20-15-11-7-3/h7,9-10,13-14,33-34,36-37H,5-6,8,11-12,15-32H2,1-4H3/b13-9-,14-10-. The van der Waals surface area contributed by atoms with Crippen molar-refractivity contribution in [2.45, 2.75) is 156 Å². The molecule has 0 heterocycles. The average molecular weight is 580 g/mol. The summed E-state index contributed by atoms with van der Waals surface area (Å²) in [5, 5.41) is 9.93. The van der Waals surface area contributed by atoms with Crippen LogP contribution in [0.3, 0.4) is 0 Å². The van der Waals surface area contributed by atoms with Crippen molar-refractivity contribution >= 4 is 5.97 Å². The van der Waals surface area contributed by atoms with E-state index in [-0.39, 0.29) is 31.2 Å². The molecule has 241 valence electrons. The van der Waals surface area contributed by atoms with Crippen LogP contribution >= 0.6 is 0 Å². The number of ether oxygens (including phenoxy) is 3. The van der Waals surface area contributed by atoms with E-state index in [0.717, 1.165) is 64.2 Å². The van der Waals surface area contributed by atoms with Crippen LogP contribution in [0.5, 0.6) is 0 Å². The van der Waals surface area contributed by atoms with Gasteiger partial charge in [0.15, 0.2) is 6.29 Å². The molecule has 0 spiro atoms. The Labute approximate surface area is 254 Å². The molecule has 1 radical (unpaired) electrons. The highest BCUT2D eigenvalue weighted by Crippen LogP contribution is 2.24. The van der Waals surface area contributed by atoms with Crippen LogP contribution in [0, 0.1) is 18.3 Å². The Morgan fingerprint density at radius 1 is 0.683 bits per heavy atom. The SMILES string of the molecule is C[CH]CCCCC(CCCC)CCC(CO)COC(=O)CCC(OCCCC/C=C\CC)OCCCC/C=C\CC. The normalized spacial score (nSPS) is 13.5. The van der Waals surface area contributed by atoms with E-state index < -0.39 is 0 Å². The summed E-state index contributed by atoms with van der Waals surface area (Å²) in [6.07, 6.45) is 30.7. The summed E-state index contributed by atoms with van der Waals surface area (Å²) in [7, 11) is 0. The van der Waals surface area contributed by atoms with Crippen LogP contribution in [0.4, 0.5) is 0 Å². The van der Waals surface area contributed by atoms with Crippen molar-refractivity contribution in [2.75, 3.05) is 26.4 Å². The topological polar surface area (TPSA) is 65.0 Å². The second-order valence-corrected chi connectivity index (χ2v) is 11.5. The minimum absolute atomic E-state index is 0.0128. The van der Waals surface area contributed by atoms with Gasteiger partial charge in [-0.15, -0.1) is 0 Å². The molecule has 0 aromatic heterocycles. The minimum atomic E-state index is -0.377. The van der Waals surface area contributed by atoms with Gasteiger partial charge < -0.3 is 19.3 Å². The zero-order valence-electron chi connectivity index (χ0n) is 27.5. The molecule has 0 aromatic rings. The van der Waals surface area contributed by atoms with Crippen molar-refractivity contribution in [3.8, 4) is 0 Å². The second-order valence-electron chi connectivity index (χ2n) is 11.5. The molecule has 5 nitrogen and oxygen atoms in total. The number of rotatable bonds is 31. The summed E-state index contributed by atoms with van der Waals surface area (Å²) < 4.78 is 17.7. The zero-order chi connectivity index (χ0) is 30.2. The molecule has 0 rings (SSSR count). The lowest BCUT2D eigenvalue weighted by atomic mass is 9.88. The molecular weight excluding hydrogens is 512 g/mol. The Balaban J connectivity index is 4.51. The molecule has 0 saturated heterocycles. The van der Waals surface area contributed by atoms with Crippen LogP contribution in [0.2, 0.25) is 0 Å². The fraction of sp³-hybridized carbons (Fsp3) is 0.833. The minimum Gasteiger partial charge on any atom is -0.465 e. The molecule has 0 saturated carbocycles. The van der Waals surface area contributed by atoms with Gasteiger partial charge in [0.1, 0.15) is 0 Å². The number of carbonyl (C=O) groups is 1. The zero-order valence-corrected chi connectivity index (χ0v) is 27.5. The highest BCUT2D eigenvalue weighted by molar-refractivity contribution is 5.69. The molecule has 0 amide bonds. The molecule has 0 aliphatic carbocycles. The lowest BCUT2D eigenvalue weighted by Crippen LogP contribution is -2.22. The van der Waals surface area contributed by atoms with Crippen LogP contribution in [-0.4, -0.2) is 43.8 Å². The van der Waals surface area contributed by atoms with E-state index in [1.54, 1.807) is 0 Å². The molecule has 5 heteroatoms. The lowest BCUT2D eigenvalue weighted by Gasteiger charge is -2.21. The summed E-state index contributed by atoms with van der Waals surface area (Å²) in [5.41, 5.74) is 0. The maximum atomic E-state index is 12.6. The Morgan fingerprint density at radius 3 is 1.83 bits per heavy atom. The summed E-state index contributed by atoms with van der Waals surface area (Å²) >= 11 is 0. The van der Waals surface area contributed by atoms with Gasteiger partial charge in [0.25, 0.3) is 0 Å². The fourth-order valence-corrected chi connectivity index (χ4v) is 4.87. The third-order valence-electron chi connectivity index (χ3n) is 7.57.